The van der Waals surface area contributed by atoms with Gasteiger partial charge in [-0.3, -0.25) is 4.90 Å². The van der Waals surface area contributed by atoms with Gasteiger partial charge in [0.15, 0.2) is 0 Å². The molecule has 0 saturated heterocycles. The maximum Gasteiger partial charge on any atom is 0.416 e. The molecule has 0 radical (unpaired) electrons. The van der Waals surface area contributed by atoms with E-state index < -0.39 is 11.7 Å². The van der Waals surface area contributed by atoms with Crippen molar-refractivity contribution in [2.24, 2.45) is 0 Å². The van der Waals surface area contributed by atoms with E-state index >= 15 is 0 Å². The summed E-state index contributed by atoms with van der Waals surface area (Å²) in [5.41, 5.74) is 0.380. The van der Waals surface area contributed by atoms with E-state index in [4.69, 9.17) is 0 Å². The Bertz CT molecular complexity index is 424. The van der Waals surface area contributed by atoms with Gasteiger partial charge in [-0.1, -0.05) is 47.3 Å². The van der Waals surface area contributed by atoms with Crippen LogP contribution < -0.4 is 0 Å². The Morgan fingerprint density at radius 2 is 1.67 bits per heavy atom. The molecule has 1 saturated carbocycles. The summed E-state index contributed by atoms with van der Waals surface area (Å²) >= 11 is 3.48. The lowest BCUT2D eigenvalue weighted by molar-refractivity contribution is -0.137. The Kier molecular flexibility index (Phi) is 6.11. The van der Waals surface area contributed by atoms with Crippen molar-refractivity contribution in [2.75, 3.05) is 11.9 Å². The molecule has 0 heterocycles. The minimum Gasteiger partial charge on any atom is -0.295 e. The van der Waals surface area contributed by atoms with E-state index in [1.165, 1.54) is 44.2 Å². The molecule has 0 unspecified atom stereocenters. The van der Waals surface area contributed by atoms with Gasteiger partial charge in [0.1, 0.15) is 0 Å². The van der Waals surface area contributed by atoms with Gasteiger partial charge in [0.25, 0.3) is 0 Å². The summed E-state index contributed by atoms with van der Waals surface area (Å²) in [5.74, 6) is 0. The zero-order chi connectivity index (χ0) is 15.3. The van der Waals surface area contributed by atoms with Crippen LogP contribution in [0, 0.1) is 0 Å². The third kappa shape index (κ3) is 4.99. The highest BCUT2D eigenvalue weighted by Gasteiger charge is 2.30. The highest BCUT2D eigenvalue weighted by molar-refractivity contribution is 9.09. The van der Waals surface area contributed by atoms with Gasteiger partial charge in [0, 0.05) is 24.5 Å². The maximum absolute atomic E-state index is 12.6. The van der Waals surface area contributed by atoms with E-state index in [9.17, 15) is 13.2 Å². The number of alkyl halides is 4. The van der Waals surface area contributed by atoms with Crippen molar-refractivity contribution in [1.82, 2.24) is 4.90 Å². The Morgan fingerprint density at radius 3 is 2.19 bits per heavy atom. The molecule has 118 valence electrons. The SMILES string of the molecule is FC(F)(F)c1ccc(CN(CCBr)C2CCCCC2)cc1. The van der Waals surface area contributed by atoms with Crippen molar-refractivity contribution in [1.29, 1.82) is 0 Å². The minimum absolute atomic E-state index is 0.568. The fourth-order valence-corrected chi connectivity index (χ4v) is 3.43. The van der Waals surface area contributed by atoms with Crippen LogP contribution in [-0.2, 0) is 12.7 Å². The molecule has 1 aromatic rings. The van der Waals surface area contributed by atoms with Gasteiger partial charge < -0.3 is 0 Å². The fourth-order valence-electron chi connectivity index (χ4n) is 2.98. The van der Waals surface area contributed by atoms with E-state index in [2.05, 4.69) is 20.8 Å². The molecule has 0 atom stereocenters. The predicted molar refractivity (Wildman–Crippen MR) is 82.5 cm³/mol. The molecule has 0 amide bonds. The lowest BCUT2D eigenvalue weighted by Gasteiger charge is -2.34. The summed E-state index contributed by atoms with van der Waals surface area (Å²) in [6.45, 7) is 1.67. The number of hydrogen-bond acceptors (Lipinski definition) is 1. The number of rotatable bonds is 5. The first-order valence-corrected chi connectivity index (χ1v) is 8.59. The van der Waals surface area contributed by atoms with Gasteiger partial charge in [-0.2, -0.15) is 13.2 Å². The van der Waals surface area contributed by atoms with Crippen LogP contribution in [0.2, 0.25) is 0 Å². The Labute approximate surface area is 132 Å². The van der Waals surface area contributed by atoms with Crippen LogP contribution in [0.15, 0.2) is 24.3 Å². The molecule has 21 heavy (non-hydrogen) atoms. The number of hydrogen-bond donors (Lipinski definition) is 0. The van der Waals surface area contributed by atoms with Crippen LogP contribution in [0.1, 0.15) is 43.2 Å². The largest absolute Gasteiger partial charge is 0.416 e. The summed E-state index contributed by atoms with van der Waals surface area (Å²) in [4.78, 5) is 2.40. The second kappa shape index (κ2) is 7.63. The zero-order valence-electron chi connectivity index (χ0n) is 12.0. The Morgan fingerprint density at radius 1 is 1.05 bits per heavy atom. The van der Waals surface area contributed by atoms with Crippen LogP contribution in [-0.4, -0.2) is 22.8 Å². The molecule has 2 rings (SSSR count). The molecule has 0 aliphatic heterocycles. The van der Waals surface area contributed by atoms with Crippen LogP contribution in [0.25, 0.3) is 0 Å². The van der Waals surface area contributed by atoms with E-state index in [0.29, 0.717) is 6.04 Å². The summed E-state index contributed by atoms with van der Waals surface area (Å²) < 4.78 is 37.7. The second-order valence-electron chi connectivity index (χ2n) is 5.65. The average molecular weight is 364 g/mol. The van der Waals surface area contributed by atoms with Gasteiger partial charge >= 0.3 is 6.18 Å². The molecule has 0 N–H and O–H groups in total. The molecule has 0 bridgehead atoms. The zero-order valence-corrected chi connectivity index (χ0v) is 13.6. The molecule has 1 fully saturated rings. The third-order valence-electron chi connectivity index (χ3n) is 4.13. The van der Waals surface area contributed by atoms with Crippen molar-refractivity contribution >= 4 is 15.9 Å². The summed E-state index contributed by atoms with van der Waals surface area (Å²) in [5, 5.41) is 0.893. The maximum atomic E-state index is 12.6. The molecule has 1 aliphatic carbocycles. The number of benzene rings is 1. The lowest BCUT2D eigenvalue weighted by atomic mass is 9.94. The van der Waals surface area contributed by atoms with E-state index in [-0.39, 0.29) is 0 Å². The number of halogens is 4. The molecule has 1 aliphatic rings. The molecule has 0 spiro atoms. The minimum atomic E-state index is -4.25. The normalized spacial score (nSPS) is 17.4. The van der Waals surface area contributed by atoms with Crippen LogP contribution >= 0.6 is 15.9 Å². The first-order chi connectivity index (χ1) is 10.0. The van der Waals surface area contributed by atoms with Crippen molar-refractivity contribution in [3.05, 3.63) is 35.4 Å². The molecular weight excluding hydrogens is 343 g/mol. The molecular formula is C16H21BrF3N. The van der Waals surface area contributed by atoms with Crippen LogP contribution in [0.3, 0.4) is 0 Å². The number of nitrogens with zero attached hydrogens (tertiary/aromatic N) is 1. The summed E-state index contributed by atoms with van der Waals surface area (Å²) in [7, 11) is 0. The topological polar surface area (TPSA) is 3.24 Å². The molecule has 1 nitrogen and oxygen atoms in total. The first kappa shape index (κ1) is 16.8. The summed E-state index contributed by atoms with van der Waals surface area (Å²) in [6, 6.07) is 6.14. The van der Waals surface area contributed by atoms with Gasteiger partial charge in [-0.25, -0.2) is 0 Å². The Hall–Kier alpha value is -0.550. The lowest BCUT2D eigenvalue weighted by Crippen LogP contribution is -2.37. The smallest absolute Gasteiger partial charge is 0.295 e. The average Bonchev–Trinajstić information content (AvgIpc) is 2.47. The second-order valence-corrected chi connectivity index (χ2v) is 6.44. The fraction of sp³-hybridized carbons (Fsp3) is 0.625. The quantitative estimate of drug-likeness (QED) is 0.647. The van der Waals surface area contributed by atoms with Crippen molar-refractivity contribution in [3.63, 3.8) is 0 Å². The standard InChI is InChI=1S/C16H21BrF3N/c17-10-11-21(15-4-2-1-3-5-15)12-13-6-8-14(9-7-13)16(18,19)20/h6-9,15H,1-5,10-12H2. The van der Waals surface area contributed by atoms with Gasteiger partial charge in [-0.15, -0.1) is 0 Å². The van der Waals surface area contributed by atoms with E-state index in [1.54, 1.807) is 12.1 Å². The highest BCUT2D eigenvalue weighted by Crippen LogP contribution is 2.30. The van der Waals surface area contributed by atoms with Crippen molar-refractivity contribution in [2.45, 2.75) is 50.9 Å². The van der Waals surface area contributed by atoms with E-state index in [0.717, 1.165) is 24.0 Å². The Balaban J connectivity index is 2.02. The van der Waals surface area contributed by atoms with Crippen molar-refractivity contribution < 1.29 is 13.2 Å². The predicted octanol–water partition coefficient (Wildman–Crippen LogP) is 5.24. The van der Waals surface area contributed by atoms with E-state index in [1.807, 2.05) is 0 Å². The van der Waals surface area contributed by atoms with Crippen LogP contribution in [0.4, 0.5) is 13.2 Å². The highest BCUT2D eigenvalue weighted by atomic mass is 79.9. The van der Waals surface area contributed by atoms with Gasteiger partial charge in [0.2, 0.25) is 0 Å². The van der Waals surface area contributed by atoms with Crippen LogP contribution in [0.5, 0.6) is 0 Å². The molecule has 1 aromatic carbocycles. The first-order valence-electron chi connectivity index (χ1n) is 7.47. The van der Waals surface area contributed by atoms with Gasteiger partial charge in [-0.05, 0) is 30.5 Å². The monoisotopic (exact) mass is 363 g/mol. The summed E-state index contributed by atoms with van der Waals surface area (Å²) in [6.07, 6.45) is 1.98. The molecule has 5 heteroatoms. The van der Waals surface area contributed by atoms with Gasteiger partial charge in [0.05, 0.1) is 5.56 Å². The van der Waals surface area contributed by atoms with Crippen molar-refractivity contribution in [3.8, 4) is 0 Å². The molecule has 0 aromatic heterocycles. The third-order valence-corrected chi connectivity index (χ3v) is 4.48.